The molecule has 1 N–H and O–H groups in total. The third-order valence-corrected chi connectivity index (χ3v) is 3.64. The van der Waals surface area contributed by atoms with Crippen molar-refractivity contribution in [2.75, 3.05) is 0 Å². The Labute approximate surface area is 86.4 Å². The third kappa shape index (κ3) is 1.01. The van der Waals surface area contributed by atoms with Crippen LogP contribution in [0.25, 0.3) is 20.3 Å². The molecule has 0 unspecified atom stereocenters. The molecule has 0 fully saturated rings. The lowest BCUT2D eigenvalue weighted by Crippen LogP contribution is -1.71. The van der Waals surface area contributed by atoms with Crippen molar-refractivity contribution in [2.45, 2.75) is 13.8 Å². The predicted octanol–water partition coefficient (Wildman–Crippen LogP) is 4.00. The van der Waals surface area contributed by atoms with Gasteiger partial charge >= 0.3 is 0 Å². The zero-order valence-corrected chi connectivity index (χ0v) is 9.03. The van der Waals surface area contributed by atoms with Crippen molar-refractivity contribution in [1.82, 2.24) is 4.98 Å². The fourth-order valence-electron chi connectivity index (χ4n) is 1.88. The Bertz CT molecular complexity index is 612. The quantitative estimate of drug-likeness (QED) is 0.566. The highest BCUT2D eigenvalue weighted by Gasteiger charge is 2.06. The Morgan fingerprint density at radius 1 is 1.07 bits per heavy atom. The largest absolute Gasteiger partial charge is 0.357 e. The van der Waals surface area contributed by atoms with Crippen LogP contribution in [0.2, 0.25) is 0 Å². The molecule has 0 aliphatic rings. The minimum absolute atomic E-state index is 1.24. The van der Waals surface area contributed by atoms with Crippen LogP contribution in [0.4, 0.5) is 0 Å². The molecule has 0 aliphatic heterocycles. The van der Waals surface area contributed by atoms with Gasteiger partial charge in [-0.15, -0.1) is 11.3 Å². The van der Waals surface area contributed by atoms with Gasteiger partial charge in [0.1, 0.15) is 0 Å². The van der Waals surface area contributed by atoms with Crippen molar-refractivity contribution in [3.63, 3.8) is 0 Å². The summed E-state index contributed by atoms with van der Waals surface area (Å²) in [4.78, 5) is 3.41. The van der Waals surface area contributed by atoms with Crippen LogP contribution < -0.4 is 0 Å². The van der Waals surface area contributed by atoms with E-state index in [1.54, 1.807) is 0 Å². The number of hydrogen-bond donors (Lipinski definition) is 1. The minimum Gasteiger partial charge on any atom is -0.357 e. The lowest BCUT2D eigenvalue weighted by atomic mass is 10.2. The minimum atomic E-state index is 1.24. The molecule has 3 aromatic rings. The molecule has 0 aliphatic carbocycles. The molecule has 0 atom stereocenters. The number of aromatic nitrogens is 1. The van der Waals surface area contributed by atoms with Crippen LogP contribution in [0.5, 0.6) is 0 Å². The number of nitrogens with one attached hydrogen (secondary N) is 1. The summed E-state index contributed by atoms with van der Waals surface area (Å²) in [7, 11) is 0. The SMILES string of the molecule is Cc1ccc2c(c1)sc1cc(C)[nH]c12. The molecular weight excluding hydrogens is 190 g/mol. The van der Waals surface area contributed by atoms with Crippen molar-refractivity contribution >= 4 is 31.6 Å². The van der Waals surface area contributed by atoms with Crippen molar-refractivity contribution < 1.29 is 0 Å². The Balaban J connectivity index is 2.52. The Morgan fingerprint density at radius 3 is 2.79 bits per heavy atom. The first kappa shape index (κ1) is 8.06. The molecule has 0 bridgehead atoms. The van der Waals surface area contributed by atoms with E-state index in [1.165, 1.54) is 31.6 Å². The molecular formula is C12H11NS. The number of fused-ring (bicyclic) bond motifs is 3. The zero-order chi connectivity index (χ0) is 9.71. The van der Waals surface area contributed by atoms with Crippen molar-refractivity contribution in [3.8, 4) is 0 Å². The second-order valence-electron chi connectivity index (χ2n) is 3.79. The van der Waals surface area contributed by atoms with Crippen molar-refractivity contribution in [2.24, 2.45) is 0 Å². The number of rotatable bonds is 0. The first-order chi connectivity index (χ1) is 6.74. The summed E-state index contributed by atoms with van der Waals surface area (Å²) < 4.78 is 2.74. The maximum absolute atomic E-state index is 3.41. The fraction of sp³-hybridized carbons (Fsp3) is 0.167. The highest BCUT2D eigenvalue weighted by molar-refractivity contribution is 7.25. The van der Waals surface area contributed by atoms with Crippen LogP contribution in [0, 0.1) is 13.8 Å². The highest BCUT2D eigenvalue weighted by Crippen LogP contribution is 2.34. The Morgan fingerprint density at radius 2 is 1.93 bits per heavy atom. The number of H-pyrrole nitrogens is 1. The Kier molecular flexibility index (Phi) is 1.50. The lowest BCUT2D eigenvalue weighted by Gasteiger charge is -1.92. The molecule has 2 aromatic heterocycles. The van der Waals surface area contributed by atoms with E-state index < -0.39 is 0 Å². The average Bonchev–Trinajstić information content (AvgIpc) is 2.59. The molecule has 0 radical (unpaired) electrons. The van der Waals surface area contributed by atoms with Crippen LogP contribution >= 0.6 is 11.3 Å². The predicted molar refractivity (Wildman–Crippen MR) is 63.2 cm³/mol. The third-order valence-electron chi connectivity index (χ3n) is 2.54. The normalized spacial score (nSPS) is 11.6. The van der Waals surface area contributed by atoms with Gasteiger partial charge in [0.25, 0.3) is 0 Å². The lowest BCUT2D eigenvalue weighted by molar-refractivity contribution is 1.31. The van der Waals surface area contributed by atoms with Crippen molar-refractivity contribution in [1.29, 1.82) is 0 Å². The van der Waals surface area contributed by atoms with Crippen LogP contribution in [0.15, 0.2) is 24.3 Å². The number of thiophene rings is 1. The van der Waals surface area contributed by atoms with Gasteiger partial charge in [-0.05, 0) is 31.5 Å². The first-order valence-corrected chi connectivity index (χ1v) is 5.54. The van der Waals surface area contributed by atoms with Crippen LogP contribution in [0.1, 0.15) is 11.3 Å². The van der Waals surface area contributed by atoms with Gasteiger partial charge in [0.15, 0.2) is 0 Å². The number of aromatic amines is 1. The summed E-state index contributed by atoms with van der Waals surface area (Å²) in [6, 6.07) is 8.85. The summed E-state index contributed by atoms with van der Waals surface area (Å²) >= 11 is 1.87. The molecule has 14 heavy (non-hydrogen) atoms. The molecule has 2 heteroatoms. The standard InChI is InChI=1S/C12H11NS/c1-7-3-4-9-10(5-7)14-11-6-8(2)13-12(9)11/h3-6,13H,1-2H3. The van der Waals surface area contributed by atoms with E-state index in [9.17, 15) is 0 Å². The topological polar surface area (TPSA) is 15.8 Å². The summed E-state index contributed by atoms with van der Waals surface area (Å²) in [5, 5.41) is 1.35. The van der Waals surface area contributed by atoms with Gasteiger partial charge in [-0.25, -0.2) is 0 Å². The first-order valence-electron chi connectivity index (χ1n) is 4.72. The van der Waals surface area contributed by atoms with Crippen LogP contribution in [-0.4, -0.2) is 4.98 Å². The fourth-order valence-corrected chi connectivity index (χ4v) is 3.14. The Hall–Kier alpha value is -1.28. The van der Waals surface area contributed by atoms with E-state index in [4.69, 9.17) is 0 Å². The van der Waals surface area contributed by atoms with Gasteiger partial charge in [-0.3, -0.25) is 0 Å². The van der Waals surface area contributed by atoms with E-state index in [-0.39, 0.29) is 0 Å². The van der Waals surface area contributed by atoms with E-state index in [2.05, 4.69) is 43.1 Å². The van der Waals surface area contributed by atoms with Crippen LogP contribution in [-0.2, 0) is 0 Å². The summed E-state index contributed by atoms with van der Waals surface area (Å²) in [6.07, 6.45) is 0. The molecule has 0 saturated carbocycles. The molecule has 2 heterocycles. The number of aryl methyl sites for hydroxylation is 2. The maximum atomic E-state index is 3.41. The zero-order valence-electron chi connectivity index (χ0n) is 8.22. The van der Waals surface area contributed by atoms with E-state index in [0.29, 0.717) is 0 Å². The van der Waals surface area contributed by atoms with Crippen LogP contribution in [0.3, 0.4) is 0 Å². The van der Waals surface area contributed by atoms with Gasteiger partial charge in [0, 0.05) is 15.8 Å². The molecule has 1 aromatic carbocycles. The number of benzene rings is 1. The van der Waals surface area contributed by atoms with E-state index in [0.717, 1.165) is 0 Å². The molecule has 3 rings (SSSR count). The van der Waals surface area contributed by atoms with Crippen molar-refractivity contribution in [3.05, 3.63) is 35.5 Å². The van der Waals surface area contributed by atoms with E-state index >= 15 is 0 Å². The van der Waals surface area contributed by atoms with Gasteiger partial charge in [0.05, 0.1) is 10.2 Å². The summed E-state index contributed by atoms with van der Waals surface area (Å²) in [5.41, 5.74) is 3.87. The highest BCUT2D eigenvalue weighted by atomic mass is 32.1. The molecule has 0 saturated heterocycles. The molecule has 70 valence electrons. The van der Waals surface area contributed by atoms with Gasteiger partial charge in [0.2, 0.25) is 0 Å². The van der Waals surface area contributed by atoms with E-state index in [1.807, 2.05) is 11.3 Å². The molecule has 0 spiro atoms. The van der Waals surface area contributed by atoms with Gasteiger partial charge < -0.3 is 4.98 Å². The maximum Gasteiger partial charge on any atom is 0.0645 e. The summed E-state index contributed by atoms with van der Waals surface area (Å²) in [6.45, 7) is 4.24. The van der Waals surface area contributed by atoms with Gasteiger partial charge in [-0.2, -0.15) is 0 Å². The summed E-state index contributed by atoms with van der Waals surface area (Å²) in [5.74, 6) is 0. The smallest absolute Gasteiger partial charge is 0.0645 e. The second-order valence-corrected chi connectivity index (χ2v) is 4.88. The van der Waals surface area contributed by atoms with Gasteiger partial charge in [-0.1, -0.05) is 12.1 Å². The molecule has 0 amide bonds. The average molecular weight is 201 g/mol. The molecule has 1 nitrogen and oxygen atoms in total. The second kappa shape index (κ2) is 2.61. The monoisotopic (exact) mass is 201 g/mol. The number of hydrogen-bond acceptors (Lipinski definition) is 1.